The molecule has 0 spiro atoms. The minimum absolute atomic E-state index is 0.0677. The van der Waals surface area contributed by atoms with Gasteiger partial charge in [-0.1, -0.05) is 13.8 Å². The average molecular weight is 461 g/mol. The number of ether oxygens (including phenoxy) is 1. The maximum Gasteiger partial charge on any atom is 0.343 e. The first-order valence-electron chi connectivity index (χ1n) is 11.0. The van der Waals surface area contributed by atoms with Gasteiger partial charge in [0.15, 0.2) is 5.60 Å². The Morgan fingerprint density at radius 2 is 2.06 bits per heavy atom. The summed E-state index contributed by atoms with van der Waals surface area (Å²) in [5.74, 6) is -1.86. The van der Waals surface area contributed by atoms with E-state index in [1.807, 2.05) is 13.0 Å². The molecule has 34 heavy (non-hydrogen) atoms. The number of carbonyl (C=O) groups is 2. The number of hydrogen-bond acceptors (Lipinski definition) is 7. The van der Waals surface area contributed by atoms with Gasteiger partial charge in [0.1, 0.15) is 6.61 Å². The van der Waals surface area contributed by atoms with Crippen LogP contribution in [0.1, 0.15) is 48.1 Å². The predicted molar refractivity (Wildman–Crippen MR) is 125 cm³/mol. The summed E-state index contributed by atoms with van der Waals surface area (Å²) >= 11 is 0. The lowest BCUT2D eigenvalue weighted by Gasteiger charge is -2.31. The van der Waals surface area contributed by atoms with Crippen molar-refractivity contribution in [2.75, 3.05) is 5.73 Å². The van der Waals surface area contributed by atoms with E-state index in [4.69, 9.17) is 20.6 Å². The molecule has 0 saturated carbocycles. The summed E-state index contributed by atoms with van der Waals surface area (Å²) in [4.78, 5) is 41.7. The number of pyridine rings is 2. The highest BCUT2D eigenvalue weighted by atomic mass is 16.6. The highest BCUT2D eigenvalue weighted by Crippen LogP contribution is 2.40. The van der Waals surface area contributed by atoms with E-state index in [-0.39, 0.29) is 36.3 Å². The van der Waals surface area contributed by atoms with E-state index < -0.39 is 17.5 Å². The quantitative estimate of drug-likeness (QED) is 0.239. The van der Waals surface area contributed by atoms with Gasteiger partial charge in [-0.05, 0) is 42.7 Å². The van der Waals surface area contributed by atoms with Crippen LogP contribution in [0.3, 0.4) is 0 Å². The maximum absolute atomic E-state index is 13.3. The molecule has 0 fully saturated rings. The molecule has 3 aromatic rings. The van der Waals surface area contributed by atoms with E-state index in [0.717, 1.165) is 17.2 Å². The Labute approximate surface area is 194 Å². The molecule has 2 aliphatic heterocycles. The molecule has 0 bridgehead atoms. The number of carboxylic acids is 1. The number of nitrogen functional groups attached to an aromatic ring is 1. The Morgan fingerprint density at radius 3 is 2.74 bits per heavy atom. The number of aliphatic carboxylic acids is 1. The molecule has 2 aliphatic rings. The van der Waals surface area contributed by atoms with Gasteiger partial charge in [0.05, 0.1) is 29.0 Å². The lowest BCUT2D eigenvalue weighted by atomic mass is 9.86. The van der Waals surface area contributed by atoms with Gasteiger partial charge in [0, 0.05) is 33.8 Å². The molecule has 1 atom stereocenters. The second-order valence-electron chi connectivity index (χ2n) is 8.56. The van der Waals surface area contributed by atoms with Gasteiger partial charge in [0.2, 0.25) is 0 Å². The molecule has 4 heterocycles. The monoisotopic (exact) mass is 461 g/mol. The van der Waals surface area contributed by atoms with Crippen molar-refractivity contribution in [2.45, 2.75) is 45.4 Å². The fraction of sp³-hybridized carbons (Fsp3) is 0.280. The Morgan fingerprint density at radius 1 is 1.29 bits per heavy atom. The highest BCUT2D eigenvalue weighted by molar-refractivity contribution is 6.00. The van der Waals surface area contributed by atoms with Crippen molar-refractivity contribution in [3.63, 3.8) is 0 Å². The van der Waals surface area contributed by atoms with Crippen LogP contribution in [-0.4, -0.2) is 31.7 Å². The van der Waals surface area contributed by atoms with Crippen molar-refractivity contribution in [1.82, 2.24) is 9.55 Å². The number of cyclic esters (lactones) is 1. The number of anilines is 1. The van der Waals surface area contributed by atoms with Gasteiger partial charge in [-0.25, -0.2) is 14.6 Å². The zero-order chi connectivity index (χ0) is 24.4. The minimum atomic E-state index is -1.89. The van der Waals surface area contributed by atoms with Crippen molar-refractivity contribution in [3.8, 4) is 11.4 Å². The average Bonchev–Trinajstić information content (AvgIpc) is 3.17. The molecule has 0 unspecified atom stereocenters. The zero-order valence-corrected chi connectivity index (χ0v) is 18.7. The van der Waals surface area contributed by atoms with Crippen LogP contribution in [0.15, 0.2) is 29.1 Å². The number of rotatable bonds is 4. The van der Waals surface area contributed by atoms with Crippen LogP contribution in [-0.2, 0) is 39.5 Å². The molecule has 0 radical (unpaired) electrons. The number of nitrogens with zero attached hydrogens (tertiary/aromatic N) is 2. The third-order valence-corrected chi connectivity index (χ3v) is 6.72. The third-order valence-electron chi connectivity index (χ3n) is 6.72. The van der Waals surface area contributed by atoms with Crippen LogP contribution in [0, 0.1) is 0 Å². The van der Waals surface area contributed by atoms with Crippen LogP contribution in [0.2, 0.25) is 0 Å². The number of hydrogen-bond donors (Lipinski definition) is 3. The summed E-state index contributed by atoms with van der Waals surface area (Å²) < 4.78 is 6.67. The number of benzene rings is 1. The first kappa shape index (κ1) is 21.8. The summed E-state index contributed by atoms with van der Waals surface area (Å²) in [6.45, 7) is 3.68. The van der Waals surface area contributed by atoms with Crippen molar-refractivity contribution >= 4 is 34.6 Å². The SMILES string of the molecule is CCc1cc(N)c(/C=C/C(=O)O)c2cc3c(nc12)-c1cc2c(c(=O)n1C3)COC(=O)[C@]2(O)CC. The lowest BCUT2D eigenvalue weighted by Crippen LogP contribution is -2.44. The second-order valence-corrected chi connectivity index (χ2v) is 8.56. The van der Waals surface area contributed by atoms with Crippen molar-refractivity contribution in [2.24, 2.45) is 0 Å². The number of esters is 1. The Balaban J connectivity index is 1.79. The fourth-order valence-electron chi connectivity index (χ4n) is 4.87. The van der Waals surface area contributed by atoms with Gasteiger partial charge in [-0.2, -0.15) is 0 Å². The standard InChI is InChI=1S/C25H23N3O6/c1-3-12-8-18(26)14(5-6-20(29)30)15-7-13-10-28-19(22(13)27-21(12)15)9-17-16(23(28)31)11-34-24(32)25(17,33)4-2/h5-9,33H,3-4,10-11,26H2,1-2H3,(H,29,30)/b6-5+/t25-/m0/s1. The van der Waals surface area contributed by atoms with Crippen molar-refractivity contribution in [1.29, 1.82) is 0 Å². The summed E-state index contributed by atoms with van der Waals surface area (Å²) in [5, 5.41) is 20.8. The van der Waals surface area contributed by atoms with E-state index in [9.17, 15) is 19.5 Å². The van der Waals surface area contributed by atoms with Crippen molar-refractivity contribution < 1.29 is 24.5 Å². The van der Waals surface area contributed by atoms with Crippen LogP contribution < -0.4 is 11.3 Å². The molecular formula is C25H23N3O6. The minimum Gasteiger partial charge on any atom is -0.478 e. The molecule has 174 valence electrons. The molecule has 0 aliphatic carbocycles. The number of carbonyl (C=O) groups excluding carboxylic acids is 1. The Hall–Kier alpha value is -3.98. The lowest BCUT2D eigenvalue weighted by molar-refractivity contribution is -0.172. The second kappa shape index (κ2) is 7.53. The van der Waals surface area contributed by atoms with E-state index in [0.29, 0.717) is 40.0 Å². The van der Waals surface area contributed by atoms with E-state index in [1.165, 1.54) is 6.08 Å². The Kier molecular flexibility index (Phi) is 4.84. The van der Waals surface area contributed by atoms with Crippen LogP contribution >= 0.6 is 0 Å². The highest BCUT2D eigenvalue weighted by Gasteiger charge is 2.45. The number of fused-ring (bicyclic) bond motifs is 5. The van der Waals surface area contributed by atoms with Gasteiger partial charge >= 0.3 is 11.9 Å². The number of carboxylic acid groups (broad SMARTS) is 1. The van der Waals surface area contributed by atoms with Gasteiger partial charge in [0.25, 0.3) is 5.56 Å². The third kappa shape index (κ3) is 2.97. The van der Waals surface area contributed by atoms with Gasteiger partial charge < -0.3 is 25.3 Å². The molecule has 1 aromatic carbocycles. The fourth-order valence-corrected chi connectivity index (χ4v) is 4.87. The Bertz CT molecular complexity index is 1500. The molecular weight excluding hydrogens is 438 g/mol. The molecule has 9 nitrogen and oxygen atoms in total. The normalized spacial score (nSPS) is 18.6. The largest absolute Gasteiger partial charge is 0.478 e. The zero-order valence-electron chi connectivity index (χ0n) is 18.7. The number of aromatic nitrogens is 2. The van der Waals surface area contributed by atoms with E-state index >= 15 is 0 Å². The molecule has 4 N–H and O–H groups in total. The molecule has 9 heteroatoms. The number of aryl methyl sites for hydroxylation is 1. The maximum atomic E-state index is 13.3. The first-order valence-corrected chi connectivity index (χ1v) is 11.0. The van der Waals surface area contributed by atoms with E-state index in [1.54, 1.807) is 23.6 Å². The van der Waals surface area contributed by atoms with Gasteiger partial charge in [-0.15, -0.1) is 0 Å². The molecule has 0 amide bonds. The van der Waals surface area contributed by atoms with Gasteiger partial charge in [-0.3, -0.25) is 4.79 Å². The molecule has 0 saturated heterocycles. The van der Waals surface area contributed by atoms with Crippen molar-refractivity contribution in [3.05, 3.63) is 62.4 Å². The molecule has 2 aromatic heterocycles. The predicted octanol–water partition coefficient (Wildman–Crippen LogP) is 2.32. The summed E-state index contributed by atoms with van der Waals surface area (Å²) in [5.41, 5.74) is 8.92. The number of aliphatic hydroxyl groups is 1. The van der Waals surface area contributed by atoms with E-state index in [2.05, 4.69) is 0 Å². The summed E-state index contributed by atoms with van der Waals surface area (Å²) in [6.07, 6.45) is 3.19. The summed E-state index contributed by atoms with van der Waals surface area (Å²) in [7, 11) is 0. The van der Waals surface area contributed by atoms with Crippen LogP contribution in [0.25, 0.3) is 28.4 Å². The molecule has 5 rings (SSSR count). The smallest absolute Gasteiger partial charge is 0.343 e. The van der Waals surface area contributed by atoms with Crippen LogP contribution in [0.4, 0.5) is 5.69 Å². The topological polar surface area (TPSA) is 145 Å². The summed E-state index contributed by atoms with van der Waals surface area (Å²) in [6, 6.07) is 5.33. The first-order chi connectivity index (χ1) is 16.2. The van der Waals surface area contributed by atoms with Crippen LogP contribution in [0.5, 0.6) is 0 Å². The number of nitrogens with two attached hydrogens (primary N) is 1.